The van der Waals surface area contributed by atoms with E-state index in [4.69, 9.17) is 16.3 Å². The standard InChI is InChI=1S/C18H11ClF3N3O3/c19-12-3-1-2-11(18(20,21)22)16(12)25-15(26)9-28-17(27)10-4-5-13-14(8-10)24-7-6-23-13/h1-8H,9H2,(H,25,26). The molecule has 0 aliphatic rings. The monoisotopic (exact) mass is 409 g/mol. The van der Waals surface area contributed by atoms with Crippen LogP contribution < -0.4 is 5.32 Å². The van der Waals surface area contributed by atoms with Crippen molar-refractivity contribution >= 4 is 40.2 Å². The number of nitrogens with zero attached hydrogens (tertiary/aromatic N) is 2. The zero-order chi connectivity index (χ0) is 20.3. The highest BCUT2D eigenvalue weighted by Crippen LogP contribution is 2.38. The van der Waals surface area contributed by atoms with Gasteiger partial charge in [-0.1, -0.05) is 17.7 Å². The van der Waals surface area contributed by atoms with Crippen molar-refractivity contribution in [2.75, 3.05) is 11.9 Å². The largest absolute Gasteiger partial charge is 0.452 e. The number of nitrogens with one attached hydrogen (secondary N) is 1. The number of rotatable bonds is 4. The molecule has 0 spiro atoms. The molecule has 1 amide bonds. The first-order valence-electron chi connectivity index (χ1n) is 7.79. The molecule has 1 aromatic heterocycles. The molecule has 144 valence electrons. The van der Waals surface area contributed by atoms with Crippen LogP contribution in [-0.4, -0.2) is 28.5 Å². The number of halogens is 4. The summed E-state index contributed by atoms with van der Waals surface area (Å²) in [5, 5.41) is 1.74. The van der Waals surface area contributed by atoms with Gasteiger partial charge in [0.15, 0.2) is 6.61 Å². The lowest BCUT2D eigenvalue weighted by molar-refractivity contribution is -0.137. The summed E-state index contributed by atoms with van der Waals surface area (Å²) in [7, 11) is 0. The number of aromatic nitrogens is 2. The van der Waals surface area contributed by atoms with Crippen molar-refractivity contribution in [2.45, 2.75) is 6.18 Å². The molecule has 0 saturated carbocycles. The maximum atomic E-state index is 13.0. The molecule has 2 aromatic carbocycles. The molecule has 0 saturated heterocycles. The fourth-order valence-electron chi connectivity index (χ4n) is 2.37. The van der Waals surface area contributed by atoms with E-state index in [1.165, 1.54) is 30.6 Å². The predicted octanol–water partition coefficient (Wildman–Crippen LogP) is 4.10. The quantitative estimate of drug-likeness (QED) is 0.656. The summed E-state index contributed by atoms with van der Waals surface area (Å²) in [5.74, 6) is -1.80. The molecular weight excluding hydrogens is 399 g/mol. The summed E-state index contributed by atoms with van der Waals surface area (Å²) < 4.78 is 44.0. The van der Waals surface area contributed by atoms with Crippen molar-refractivity contribution in [3.63, 3.8) is 0 Å². The third-order valence-corrected chi connectivity index (χ3v) is 3.94. The number of anilines is 1. The maximum absolute atomic E-state index is 13.0. The number of benzene rings is 2. The molecule has 0 unspecified atom stereocenters. The van der Waals surface area contributed by atoms with Crippen LogP contribution in [0.4, 0.5) is 18.9 Å². The Labute approximate surface area is 161 Å². The van der Waals surface area contributed by atoms with Crippen LogP contribution in [0.1, 0.15) is 15.9 Å². The topological polar surface area (TPSA) is 81.2 Å². The van der Waals surface area contributed by atoms with Crippen LogP contribution >= 0.6 is 11.6 Å². The van der Waals surface area contributed by atoms with Gasteiger partial charge in [0.25, 0.3) is 5.91 Å². The minimum Gasteiger partial charge on any atom is -0.452 e. The average molecular weight is 410 g/mol. The summed E-state index contributed by atoms with van der Waals surface area (Å²) in [4.78, 5) is 32.1. The number of carbonyl (C=O) groups is 2. The maximum Gasteiger partial charge on any atom is 0.418 e. The van der Waals surface area contributed by atoms with Crippen LogP contribution in [0.3, 0.4) is 0 Å². The molecule has 0 aliphatic carbocycles. The number of carbonyl (C=O) groups excluding carboxylic acids is 2. The van der Waals surface area contributed by atoms with E-state index < -0.39 is 35.9 Å². The summed E-state index contributed by atoms with van der Waals surface area (Å²) in [6.07, 6.45) is -1.77. The van der Waals surface area contributed by atoms with Crippen molar-refractivity contribution in [3.05, 3.63) is 64.9 Å². The highest BCUT2D eigenvalue weighted by atomic mass is 35.5. The van der Waals surface area contributed by atoms with E-state index in [9.17, 15) is 22.8 Å². The molecule has 1 N–H and O–H groups in total. The molecule has 6 nitrogen and oxygen atoms in total. The van der Waals surface area contributed by atoms with Crippen LogP contribution in [0, 0.1) is 0 Å². The molecule has 0 atom stereocenters. The van der Waals surface area contributed by atoms with Crippen LogP contribution in [0.2, 0.25) is 5.02 Å². The van der Waals surface area contributed by atoms with E-state index in [1.807, 2.05) is 5.32 Å². The van der Waals surface area contributed by atoms with Gasteiger partial charge in [-0.25, -0.2) is 4.79 Å². The lowest BCUT2D eigenvalue weighted by Gasteiger charge is -2.15. The fraction of sp³-hybridized carbons (Fsp3) is 0.111. The van der Waals surface area contributed by atoms with Gasteiger partial charge in [-0.05, 0) is 30.3 Å². The van der Waals surface area contributed by atoms with E-state index in [1.54, 1.807) is 6.07 Å². The Morgan fingerprint density at radius 2 is 1.79 bits per heavy atom. The first-order chi connectivity index (χ1) is 13.3. The second-order valence-corrected chi connectivity index (χ2v) is 5.95. The van der Waals surface area contributed by atoms with Crippen LogP contribution in [-0.2, 0) is 15.7 Å². The van der Waals surface area contributed by atoms with Gasteiger partial charge in [0.2, 0.25) is 0 Å². The number of ether oxygens (including phenoxy) is 1. The number of alkyl halides is 3. The molecular formula is C18H11ClF3N3O3. The third kappa shape index (κ3) is 4.37. The van der Waals surface area contributed by atoms with E-state index in [0.29, 0.717) is 11.0 Å². The summed E-state index contributed by atoms with van der Waals surface area (Å²) in [6.45, 7) is -0.792. The van der Waals surface area contributed by atoms with Crippen LogP contribution in [0.25, 0.3) is 11.0 Å². The van der Waals surface area contributed by atoms with Crippen molar-refractivity contribution in [3.8, 4) is 0 Å². The lowest BCUT2D eigenvalue weighted by Crippen LogP contribution is -2.23. The molecule has 0 fully saturated rings. The minimum atomic E-state index is -4.71. The molecule has 10 heteroatoms. The van der Waals surface area contributed by atoms with Crippen molar-refractivity contribution < 1.29 is 27.5 Å². The molecule has 3 aromatic rings. The number of para-hydroxylation sites is 1. The molecule has 3 rings (SSSR count). The molecule has 0 radical (unpaired) electrons. The number of amides is 1. The summed E-state index contributed by atoms with van der Waals surface area (Å²) in [5.41, 5.74) is -0.566. The second-order valence-electron chi connectivity index (χ2n) is 5.54. The highest BCUT2D eigenvalue weighted by molar-refractivity contribution is 6.34. The van der Waals surface area contributed by atoms with Crippen molar-refractivity contribution in [1.82, 2.24) is 9.97 Å². The molecule has 1 heterocycles. The van der Waals surface area contributed by atoms with Gasteiger partial charge in [-0.2, -0.15) is 13.2 Å². The SMILES string of the molecule is O=C(COC(=O)c1ccc2nccnc2c1)Nc1c(Cl)cccc1C(F)(F)F. The zero-order valence-electron chi connectivity index (χ0n) is 14.0. The third-order valence-electron chi connectivity index (χ3n) is 3.62. The Morgan fingerprint density at radius 3 is 2.50 bits per heavy atom. The summed E-state index contributed by atoms with van der Waals surface area (Å²) >= 11 is 5.76. The van der Waals surface area contributed by atoms with Crippen LogP contribution in [0.5, 0.6) is 0 Å². The lowest BCUT2D eigenvalue weighted by atomic mass is 10.1. The van der Waals surface area contributed by atoms with E-state index in [-0.39, 0.29) is 10.6 Å². The Balaban J connectivity index is 1.68. The Kier molecular flexibility index (Phi) is 5.46. The minimum absolute atomic E-state index is 0.120. The van der Waals surface area contributed by atoms with Gasteiger partial charge in [0.05, 0.1) is 32.9 Å². The fourth-order valence-corrected chi connectivity index (χ4v) is 2.59. The Hall–Kier alpha value is -3.20. The number of esters is 1. The first kappa shape index (κ1) is 19.6. The van der Waals surface area contributed by atoms with Gasteiger partial charge in [0.1, 0.15) is 0 Å². The van der Waals surface area contributed by atoms with Crippen molar-refractivity contribution in [2.24, 2.45) is 0 Å². The van der Waals surface area contributed by atoms with Crippen molar-refractivity contribution in [1.29, 1.82) is 0 Å². The molecule has 28 heavy (non-hydrogen) atoms. The zero-order valence-corrected chi connectivity index (χ0v) is 14.7. The van der Waals surface area contributed by atoms with Gasteiger partial charge in [0, 0.05) is 12.4 Å². The highest BCUT2D eigenvalue weighted by Gasteiger charge is 2.34. The van der Waals surface area contributed by atoms with E-state index in [0.717, 1.165) is 12.1 Å². The number of hydrogen-bond acceptors (Lipinski definition) is 5. The Morgan fingerprint density at radius 1 is 1.07 bits per heavy atom. The smallest absolute Gasteiger partial charge is 0.418 e. The van der Waals surface area contributed by atoms with Gasteiger partial charge < -0.3 is 10.1 Å². The van der Waals surface area contributed by atoms with Gasteiger partial charge in [-0.3, -0.25) is 14.8 Å². The van der Waals surface area contributed by atoms with E-state index in [2.05, 4.69) is 9.97 Å². The van der Waals surface area contributed by atoms with E-state index >= 15 is 0 Å². The number of hydrogen-bond donors (Lipinski definition) is 1. The average Bonchev–Trinajstić information content (AvgIpc) is 2.66. The van der Waals surface area contributed by atoms with Gasteiger partial charge in [-0.15, -0.1) is 0 Å². The van der Waals surface area contributed by atoms with Crippen LogP contribution in [0.15, 0.2) is 48.8 Å². The molecule has 0 aliphatic heterocycles. The molecule has 0 bridgehead atoms. The normalized spacial score (nSPS) is 11.3. The second kappa shape index (κ2) is 7.81. The first-order valence-corrected chi connectivity index (χ1v) is 8.17. The predicted molar refractivity (Wildman–Crippen MR) is 94.9 cm³/mol. The summed E-state index contributed by atoms with van der Waals surface area (Å²) in [6, 6.07) is 7.52. The Bertz CT molecular complexity index is 1060. The number of fused-ring (bicyclic) bond motifs is 1. The van der Waals surface area contributed by atoms with Gasteiger partial charge >= 0.3 is 12.1 Å².